The maximum atomic E-state index is 12.3. The van der Waals surface area contributed by atoms with E-state index in [0.717, 1.165) is 22.4 Å². The van der Waals surface area contributed by atoms with Crippen LogP contribution in [0.2, 0.25) is 5.02 Å². The summed E-state index contributed by atoms with van der Waals surface area (Å²) in [6, 6.07) is 12.9. The predicted molar refractivity (Wildman–Crippen MR) is 101 cm³/mol. The second kappa shape index (κ2) is 8.06. The van der Waals surface area contributed by atoms with Gasteiger partial charge >= 0.3 is 0 Å². The first-order valence-corrected chi connectivity index (χ1v) is 8.62. The third-order valence-electron chi connectivity index (χ3n) is 3.93. The Kier molecular flexibility index (Phi) is 5.58. The van der Waals surface area contributed by atoms with Crippen molar-refractivity contribution in [3.8, 4) is 5.75 Å². The largest absolute Gasteiger partial charge is 0.489 e. The van der Waals surface area contributed by atoms with E-state index in [-0.39, 0.29) is 5.91 Å². The van der Waals surface area contributed by atoms with Crippen molar-refractivity contribution in [1.29, 1.82) is 0 Å². The first-order valence-electron chi connectivity index (χ1n) is 8.25. The van der Waals surface area contributed by atoms with Crippen molar-refractivity contribution in [1.82, 2.24) is 15.1 Å². The fraction of sp³-hybridized carbons (Fsp3) is 0.200. The predicted octanol–water partition coefficient (Wildman–Crippen LogP) is 3.89. The topological polar surface area (TPSA) is 56.1 Å². The number of benzene rings is 2. The highest BCUT2D eigenvalue weighted by Gasteiger charge is 2.08. The van der Waals surface area contributed by atoms with Gasteiger partial charge in [-0.1, -0.05) is 23.7 Å². The fourth-order valence-corrected chi connectivity index (χ4v) is 2.81. The molecule has 2 aromatic carbocycles. The maximum Gasteiger partial charge on any atom is 0.251 e. The zero-order valence-electron chi connectivity index (χ0n) is 14.7. The van der Waals surface area contributed by atoms with Gasteiger partial charge in [0.25, 0.3) is 5.91 Å². The average molecular weight is 370 g/mol. The number of hydrogen-bond acceptors (Lipinski definition) is 3. The zero-order valence-corrected chi connectivity index (χ0v) is 15.5. The van der Waals surface area contributed by atoms with Gasteiger partial charge in [0.2, 0.25) is 0 Å². The van der Waals surface area contributed by atoms with Gasteiger partial charge in [-0.3, -0.25) is 9.48 Å². The highest BCUT2D eigenvalue weighted by Crippen LogP contribution is 2.22. The van der Waals surface area contributed by atoms with Crippen molar-refractivity contribution in [2.24, 2.45) is 7.05 Å². The summed E-state index contributed by atoms with van der Waals surface area (Å²) in [4.78, 5) is 12.3. The molecule has 0 radical (unpaired) electrons. The van der Waals surface area contributed by atoms with Crippen LogP contribution in [0.1, 0.15) is 27.0 Å². The first-order chi connectivity index (χ1) is 12.5. The molecule has 6 heteroatoms. The third-order valence-corrected chi connectivity index (χ3v) is 4.17. The van der Waals surface area contributed by atoms with E-state index in [1.54, 1.807) is 23.0 Å². The summed E-state index contributed by atoms with van der Waals surface area (Å²) in [5, 5.41) is 7.67. The van der Waals surface area contributed by atoms with Crippen molar-refractivity contribution in [3.05, 3.63) is 82.1 Å². The van der Waals surface area contributed by atoms with E-state index in [4.69, 9.17) is 16.3 Å². The van der Waals surface area contributed by atoms with E-state index in [1.165, 1.54) is 0 Å². The third kappa shape index (κ3) is 4.64. The minimum atomic E-state index is -0.127. The lowest BCUT2D eigenvalue weighted by molar-refractivity contribution is 0.0950. The number of hydrogen-bond donors (Lipinski definition) is 1. The molecule has 1 N–H and O–H groups in total. The van der Waals surface area contributed by atoms with Gasteiger partial charge in [0, 0.05) is 35.9 Å². The van der Waals surface area contributed by atoms with E-state index < -0.39 is 0 Å². The van der Waals surface area contributed by atoms with Gasteiger partial charge in [0.15, 0.2) is 0 Å². The summed E-state index contributed by atoms with van der Waals surface area (Å²) in [5.41, 5.74) is 3.46. The Balaban J connectivity index is 1.61. The number of nitrogens with one attached hydrogen (secondary N) is 1. The molecule has 3 rings (SSSR count). The molecule has 3 aromatic rings. The van der Waals surface area contributed by atoms with Crippen LogP contribution in [0.5, 0.6) is 5.75 Å². The quantitative estimate of drug-likeness (QED) is 0.717. The second-order valence-electron chi connectivity index (χ2n) is 6.10. The molecule has 0 spiro atoms. The monoisotopic (exact) mass is 369 g/mol. The molecular weight excluding hydrogens is 350 g/mol. The molecule has 1 aromatic heterocycles. The van der Waals surface area contributed by atoms with Gasteiger partial charge in [0.1, 0.15) is 12.4 Å². The van der Waals surface area contributed by atoms with Gasteiger partial charge in [-0.25, -0.2) is 0 Å². The van der Waals surface area contributed by atoms with Crippen LogP contribution in [-0.2, 0) is 20.2 Å². The highest BCUT2D eigenvalue weighted by atomic mass is 35.5. The Morgan fingerprint density at radius 2 is 2.08 bits per heavy atom. The minimum Gasteiger partial charge on any atom is -0.489 e. The number of nitrogens with zero attached hydrogens (tertiary/aromatic N) is 2. The van der Waals surface area contributed by atoms with E-state index >= 15 is 0 Å². The Labute approximate surface area is 157 Å². The normalized spacial score (nSPS) is 10.6. The Morgan fingerprint density at radius 3 is 2.81 bits per heavy atom. The molecule has 0 atom stereocenters. The number of carbonyl (C=O) groups is 1. The molecule has 0 aliphatic carbocycles. The SMILES string of the molecule is Cc1cc(Cl)ccc1OCc1cccc(C(=O)NCc2cnn(C)c2)c1. The summed E-state index contributed by atoms with van der Waals surface area (Å²) < 4.78 is 7.55. The van der Waals surface area contributed by atoms with Gasteiger partial charge in [-0.05, 0) is 48.4 Å². The van der Waals surface area contributed by atoms with E-state index in [2.05, 4.69) is 10.4 Å². The summed E-state index contributed by atoms with van der Waals surface area (Å²) in [6.07, 6.45) is 3.61. The smallest absolute Gasteiger partial charge is 0.251 e. The number of aromatic nitrogens is 2. The van der Waals surface area contributed by atoms with Crippen molar-refractivity contribution in [2.75, 3.05) is 0 Å². The average Bonchev–Trinajstić information content (AvgIpc) is 3.04. The maximum absolute atomic E-state index is 12.3. The molecule has 0 saturated heterocycles. The molecular formula is C20H20ClN3O2. The van der Waals surface area contributed by atoms with E-state index in [9.17, 15) is 4.79 Å². The summed E-state index contributed by atoms with van der Waals surface area (Å²) in [7, 11) is 1.84. The molecule has 26 heavy (non-hydrogen) atoms. The van der Waals surface area contributed by atoms with Crippen LogP contribution in [0.15, 0.2) is 54.9 Å². The van der Waals surface area contributed by atoms with Crippen LogP contribution in [-0.4, -0.2) is 15.7 Å². The van der Waals surface area contributed by atoms with Crippen LogP contribution >= 0.6 is 11.6 Å². The van der Waals surface area contributed by atoms with Gasteiger partial charge in [-0.2, -0.15) is 5.10 Å². The van der Waals surface area contributed by atoms with Crippen LogP contribution in [0, 0.1) is 6.92 Å². The number of amides is 1. The lowest BCUT2D eigenvalue weighted by Crippen LogP contribution is -2.22. The van der Waals surface area contributed by atoms with Crippen molar-refractivity contribution in [2.45, 2.75) is 20.1 Å². The van der Waals surface area contributed by atoms with Crippen molar-refractivity contribution >= 4 is 17.5 Å². The van der Waals surface area contributed by atoms with Crippen LogP contribution in [0.25, 0.3) is 0 Å². The molecule has 0 aliphatic rings. The summed E-state index contributed by atoms with van der Waals surface area (Å²) in [5.74, 6) is 0.652. The molecule has 0 saturated carbocycles. The molecule has 134 valence electrons. The van der Waals surface area contributed by atoms with Gasteiger partial charge < -0.3 is 10.1 Å². The Hall–Kier alpha value is -2.79. The lowest BCUT2D eigenvalue weighted by Gasteiger charge is -2.10. The number of halogens is 1. The first kappa shape index (κ1) is 18.0. The van der Waals surface area contributed by atoms with Gasteiger partial charge in [0.05, 0.1) is 6.20 Å². The highest BCUT2D eigenvalue weighted by molar-refractivity contribution is 6.30. The van der Waals surface area contributed by atoms with Crippen molar-refractivity contribution < 1.29 is 9.53 Å². The van der Waals surface area contributed by atoms with Crippen LogP contribution in [0.3, 0.4) is 0 Å². The summed E-state index contributed by atoms with van der Waals surface area (Å²) in [6.45, 7) is 2.77. The van der Waals surface area contributed by atoms with Crippen molar-refractivity contribution in [3.63, 3.8) is 0 Å². The van der Waals surface area contributed by atoms with Crippen LogP contribution < -0.4 is 10.1 Å². The number of carbonyl (C=O) groups excluding carboxylic acids is 1. The standard InChI is InChI=1S/C20H20ClN3O2/c1-14-8-18(21)6-7-19(14)26-13-15-4-3-5-17(9-15)20(25)22-10-16-11-23-24(2)12-16/h3-9,11-12H,10,13H2,1-2H3,(H,22,25). The van der Waals surface area contributed by atoms with E-state index in [1.807, 2.05) is 50.5 Å². The molecule has 0 bridgehead atoms. The Morgan fingerprint density at radius 1 is 1.23 bits per heavy atom. The zero-order chi connectivity index (χ0) is 18.5. The molecule has 0 unspecified atom stereocenters. The second-order valence-corrected chi connectivity index (χ2v) is 6.54. The summed E-state index contributed by atoms with van der Waals surface area (Å²) >= 11 is 5.96. The van der Waals surface area contributed by atoms with Gasteiger partial charge in [-0.15, -0.1) is 0 Å². The van der Waals surface area contributed by atoms with Crippen LogP contribution in [0.4, 0.5) is 0 Å². The number of ether oxygens (including phenoxy) is 1. The van der Waals surface area contributed by atoms with E-state index in [0.29, 0.717) is 23.7 Å². The lowest BCUT2D eigenvalue weighted by atomic mass is 10.1. The molecule has 0 fully saturated rings. The molecule has 0 aliphatic heterocycles. The molecule has 1 heterocycles. The molecule has 1 amide bonds. The number of aryl methyl sites for hydroxylation is 2. The molecule has 5 nitrogen and oxygen atoms in total. The number of rotatable bonds is 6. The fourth-order valence-electron chi connectivity index (χ4n) is 2.59. The minimum absolute atomic E-state index is 0.127. The Bertz CT molecular complexity index is 921.